The summed E-state index contributed by atoms with van der Waals surface area (Å²) < 4.78 is 0. The van der Waals surface area contributed by atoms with E-state index in [1.165, 1.54) is 26.1 Å². The lowest BCUT2D eigenvalue weighted by molar-refractivity contribution is 0.0588. The van der Waals surface area contributed by atoms with Crippen molar-refractivity contribution >= 4 is 0 Å². The van der Waals surface area contributed by atoms with Crippen LogP contribution in [0.4, 0.5) is 0 Å². The Morgan fingerprint density at radius 2 is 1.92 bits per heavy atom. The molecule has 2 heteroatoms. The molecule has 0 aliphatic carbocycles. The molecule has 0 aromatic heterocycles. The maximum atomic E-state index is 9.15. The highest BCUT2D eigenvalue weighted by Crippen LogP contribution is 2.29. The van der Waals surface area contributed by atoms with Crippen LogP contribution in [0.3, 0.4) is 0 Å². The van der Waals surface area contributed by atoms with E-state index in [4.69, 9.17) is 5.11 Å². The van der Waals surface area contributed by atoms with Gasteiger partial charge in [0.1, 0.15) is 0 Å². The zero-order chi connectivity index (χ0) is 9.03. The second-order valence-electron chi connectivity index (χ2n) is 4.31. The van der Waals surface area contributed by atoms with Crippen molar-refractivity contribution in [1.29, 1.82) is 0 Å². The fourth-order valence-electron chi connectivity index (χ4n) is 1.79. The molecular weight excluding hydrogens is 150 g/mol. The molecule has 0 radical (unpaired) electrons. The van der Waals surface area contributed by atoms with Gasteiger partial charge in [-0.3, -0.25) is 0 Å². The Kier molecular flexibility index (Phi) is 3.53. The van der Waals surface area contributed by atoms with Gasteiger partial charge in [-0.05, 0) is 44.3 Å². The lowest BCUT2D eigenvalue weighted by Gasteiger charge is -2.38. The second kappa shape index (κ2) is 4.24. The fourth-order valence-corrected chi connectivity index (χ4v) is 1.79. The standard InChI is InChI=1S/C10H21NO/c1-3-6-11-7-4-10(2,9-12)5-8-11/h12H,3-9H2,1-2H3. The van der Waals surface area contributed by atoms with E-state index in [1.54, 1.807) is 0 Å². The molecule has 1 fully saturated rings. The highest BCUT2D eigenvalue weighted by atomic mass is 16.3. The molecule has 1 rings (SSSR count). The number of likely N-dealkylation sites (tertiary alicyclic amines) is 1. The Bertz CT molecular complexity index is 128. The molecule has 0 spiro atoms. The summed E-state index contributed by atoms with van der Waals surface area (Å²) in [4.78, 5) is 2.50. The van der Waals surface area contributed by atoms with E-state index < -0.39 is 0 Å². The molecule has 0 aromatic rings. The van der Waals surface area contributed by atoms with Gasteiger partial charge in [-0.25, -0.2) is 0 Å². The lowest BCUT2D eigenvalue weighted by Crippen LogP contribution is -2.40. The molecule has 0 aromatic carbocycles. The zero-order valence-electron chi connectivity index (χ0n) is 8.34. The predicted molar refractivity (Wildman–Crippen MR) is 51.2 cm³/mol. The summed E-state index contributed by atoms with van der Waals surface area (Å²) >= 11 is 0. The average molecular weight is 171 g/mol. The monoisotopic (exact) mass is 171 g/mol. The van der Waals surface area contributed by atoms with Crippen LogP contribution in [0.1, 0.15) is 33.1 Å². The van der Waals surface area contributed by atoms with Gasteiger partial charge in [0, 0.05) is 6.61 Å². The van der Waals surface area contributed by atoms with E-state index in [1.807, 2.05) is 0 Å². The summed E-state index contributed by atoms with van der Waals surface area (Å²) in [5.41, 5.74) is 0.213. The van der Waals surface area contributed by atoms with Crippen LogP contribution >= 0.6 is 0 Å². The van der Waals surface area contributed by atoms with E-state index >= 15 is 0 Å². The van der Waals surface area contributed by atoms with Gasteiger partial charge >= 0.3 is 0 Å². The van der Waals surface area contributed by atoms with Crippen molar-refractivity contribution in [3.8, 4) is 0 Å². The minimum absolute atomic E-state index is 0.213. The summed E-state index contributed by atoms with van der Waals surface area (Å²) in [6, 6.07) is 0. The Labute approximate surface area is 75.6 Å². The van der Waals surface area contributed by atoms with Crippen molar-refractivity contribution in [3.63, 3.8) is 0 Å². The molecule has 0 saturated carbocycles. The van der Waals surface area contributed by atoms with Crippen LogP contribution in [0.25, 0.3) is 0 Å². The SMILES string of the molecule is CCCN1CCC(C)(CO)CC1. The van der Waals surface area contributed by atoms with Crippen LogP contribution in [-0.2, 0) is 0 Å². The number of aliphatic hydroxyl groups excluding tert-OH is 1. The summed E-state index contributed by atoms with van der Waals surface area (Å²) in [5, 5.41) is 9.15. The predicted octanol–water partition coefficient (Wildman–Crippen LogP) is 1.49. The van der Waals surface area contributed by atoms with Crippen LogP contribution in [-0.4, -0.2) is 36.2 Å². The molecule has 1 aliphatic heterocycles. The summed E-state index contributed by atoms with van der Waals surface area (Å²) in [5.74, 6) is 0. The van der Waals surface area contributed by atoms with Crippen LogP contribution in [0.5, 0.6) is 0 Å². The van der Waals surface area contributed by atoms with E-state index in [2.05, 4.69) is 18.7 Å². The van der Waals surface area contributed by atoms with E-state index in [0.717, 1.165) is 12.8 Å². The van der Waals surface area contributed by atoms with Crippen LogP contribution in [0.15, 0.2) is 0 Å². The Balaban J connectivity index is 2.29. The minimum atomic E-state index is 0.213. The number of rotatable bonds is 3. The Morgan fingerprint density at radius 1 is 1.33 bits per heavy atom. The van der Waals surface area contributed by atoms with E-state index in [0.29, 0.717) is 6.61 Å². The summed E-state index contributed by atoms with van der Waals surface area (Å²) in [6.07, 6.45) is 3.56. The quantitative estimate of drug-likeness (QED) is 0.695. The molecule has 0 bridgehead atoms. The Morgan fingerprint density at radius 3 is 2.33 bits per heavy atom. The normalized spacial score (nSPS) is 24.2. The van der Waals surface area contributed by atoms with Gasteiger partial charge in [-0.2, -0.15) is 0 Å². The number of nitrogens with zero attached hydrogens (tertiary/aromatic N) is 1. The summed E-state index contributed by atoms with van der Waals surface area (Å²) in [6.45, 7) is 8.33. The molecule has 1 heterocycles. The number of hydrogen-bond donors (Lipinski definition) is 1. The number of piperidine rings is 1. The van der Waals surface area contributed by atoms with Gasteiger partial charge in [0.2, 0.25) is 0 Å². The average Bonchev–Trinajstić information content (AvgIpc) is 2.10. The molecule has 1 N–H and O–H groups in total. The van der Waals surface area contributed by atoms with Gasteiger partial charge in [0.25, 0.3) is 0 Å². The zero-order valence-corrected chi connectivity index (χ0v) is 8.34. The first-order chi connectivity index (χ1) is 5.70. The van der Waals surface area contributed by atoms with E-state index in [9.17, 15) is 0 Å². The van der Waals surface area contributed by atoms with Crippen molar-refractivity contribution in [2.45, 2.75) is 33.1 Å². The third-order valence-corrected chi connectivity index (χ3v) is 2.98. The van der Waals surface area contributed by atoms with Crippen molar-refractivity contribution in [1.82, 2.24) is 4.90 Å². The second-order valence-corrected chi connectivity index (χ2v) is 4.31. The molecule has 1 aliphatic rings. The van der Waals surface area contributed by atoms with Crippen molar-refractivity contribution in [2.24, 2.45) is 5.41 Å². The van der Waals surface area contributed by atoms with Gasteiger partial charge in [-0.1, -0.05) is 13.8 Å². The molecule has 0 atom stereocenters. The van der Waals surface area contributed by atoms with Crippen LogP contribution in [0.2, 0.25) is 0 Å². The highest BCUT2D eigenvalue weighted by Gasteiger charge is 2.28. The highest BCUT2D eigenvalue weighted by molar-refractivity contribution is 4.81. The van der Waals surface area contributed by atoms with E-state index in [-0.39, 0.29) is 5.41 Å². The van der Waals surface area contributed by atoms with Crippen LogP contribution in [0, 0.1) is 5.41 Å². The van der Waals surface area contributed by atoms with Crippen molar-refractivity contribution < 1.29 is 5.11 Å². The number of aliphatic hydroxyl groups is 1. The fraction of sp³-hybridized carbons (Fsp3) is 1.00. The van der Waals surface area contributed by atoms with Gasteiger partial charge in [0.15, 0.2) is 0 Å². The maximum Gasteiger partial charge on any atom is 0.0485 e. The smallest absolute Gasteiger partial charge is 0.0485 e. The first-order valence-electron chi connectivity index (χ1n) is 5.03. The molecule has 12 heavy (non-hydrogen) atoms. The Hall–Kier alpha value is -0.0800. The van der Waals surface area contributed by atoms with Crippen molar-refractivity contribution in [3.05, 3.63) is 0 Å². The minimum Gasteiger partial charge on any atom is -0.396 e. The molecule has 0 unspecified atom stereocenters. The van der Waals surface area contributed by atoms with Crippen molar-refractivity contribution in [2.75, 3.05) is 26.2 Å². The summed E-state index contributed by atoms with van der Waals surface area (Å²) in [7, 11) is 0. The molecular formula is C10H21NO. The third kappa shape index (κ3) is 2.46. The third-order valence-electron chi connectivity index (χ3n) is 2.98. The van der Waals surface area contributed by atoms with Gasteiger partial charge < -0.3 is 10.0 Å². The van der Waals surface area contributed by atoms with Gasteiger partial charge in [0.05, 0.1) is 0 Å². The van der Waals surface area contributed by atoms with Gasteiger partial charge in [-0.15, -0.1) is 0 Å². The largest absolute Gasteiger partial charge is 0.396 e. The first-order valence-corrected chi connectivity index (χ1v) is 5.03. The molecule has 2 nitrogen and oxygen atoms in total. The first kappa shape index (κ1) is 10.0. The topological polar surface area (TPSA) is 23.5 Å². The molecule has 72 valence electrons. The molecule has 0 amide bonds. The number of hydrogen-bond acceptors (Lipinski definition) is 2. The molecule has 1 saturated heterocycles. The van der Waals surface area contributed by atoms with Crippen LogP contribution < -0.4 is 0 Å². The lowest BCUT2D eigenvalue weighted by atomic mass is 9.81. The maximum absolute atomic E-state index is 9.15.